The Balaban J connectivity index is 2.56. The fourth-order valence-electron chi connectivity index (χ4n) is 2.21. The number of likely N-dealkylation sites (tertiary alicyclic amines) is 1. The summed E-state index contributed by atoms with van der Waals surface area (Å²) in [5.41, 5.74) is 0. The molecule has 0 saturated carbocycles. The smallest absolute Gasteiger partial charge is 0.217 e. The van der Waals surface area contributed by atoms with Gasteiger partial charge in [-0.05, 0) is 13.0 Å². The van der Waals surface area contributed by atoms with E-state index in [0.29, 0.717) is 6.54 Å². The standard InChI is InChI=1S/C11H22N2O3/c1-3-4-5-13-6-9(12-8(2)15)11(16)10(13)7-14/h9-11,14,16H,3-7H2,1-2H3,(H,12,15)/t9?,10-,11+/m0/s1. The molecule has 16 heavy (non-hydrogen) atoms. The second kappa shape index (κ2) is 6.18. The van der Waals surface area contributed by atoms with Crippen LogP contribution in [0.2, 0.25) is 0 Å². The van der Waals surface area contributed by atoms with E-state index < -0.39 is 6.10 Å². The number of carbonyl (C=O) groups is 1. The molecule has 1 unspecified atom stereocenters. The SMILES string of the molecule is CCCCN1CC(NC(C)=O)[C@@H](O)[C@@H]1CO. The van der Waals surface area contributed by atoms with E-state index in [-0.39, 0.29) is 24.6 Å². The lowest BCUT2D eigenvalue weighted by molar-refractivity contribution is -0.120. The second-order valence-electron chi connectivity index (χ2n) is 4.40. The predicted molar refractivity (Wildman–Crippen MR) is 61.0 cm³/mol. The molecule has 0 aromatic rings. The van der Waals surface area contributed by atoms with Crippen molar-refractivity contribution >= 4 is 5.91 Å². The third-order valence-corrected chi connectivity index (χ3v) is 3.08. The van der Waals surface area contributed by atoms with Crippen molar-refractivity contribution in [1.82, 2.24) is 10.2 Å². The maximum atomic E-state index is 11.0. The first-order valence-corrected chi connectivity index (χ1v) is 5.90. The molecular formula is C11H22N2O3. The van der Waals surface area contributed by atoms with Crippen LogP contribution in [0.15, 0.2) is 0 Å². The quantitative estimate of drug-likeness (QED) is 0.585. The fraction of sp³-hybridized carbons (Fsp3) is 0.909. The molecule has 0 radical (unpaired) electrons. The van der Waals surface area contributed by atoms with Crippen LogP contribution in [0.4, 0.5) is 0 Å². The van der Waals surface area contributed by atoms with Crippen molar-refractivity contribution in [3.05, 3.63) is 0 Å². The maximum absolute atomic E-state index is 11.0. The summed E-state index contributed by atoms with van der Waals surface area (Å²) in [6.07, 6.45) is 1.44. The van der Waals surface area contributed by atoms with Gasteiger partial charge in [0.15, 0.2) is 0 Å². The number of rotatable bonds is 5. The summed E-state index contributed by atoms with van der Waals surface area (Å²) >= 11 is 0. The second-order valence-corrected chi connectivity index (χ2v) is 4.40. The largest absolute Gasteiger partial charge is 0.395 e. The van der Waals surface area contributed by atoms with E-state index in [1.807, 2.05) is 0 Å². The Labute approximate surface area is 96.4 Å². The minimum atomic E-state index is -0.675. The van der Waals surface area contributed by atoms with Gasteiger partial charge in [0.2, 0.25) is 5.91 Å². The summed E-state index contributed by atoms with van der Waals surface area (Å²) < 4.78 is 0. The number of aliphatic hydroxyl groups is 2. The molecule has 0 aromatic heterocycles. The summed E-state index contributed by atoms with van der Waals surface area (Å²) in [6, 6.07) is -0.505. The van der Waals surface area contributed by atoms with E-state index in [0.717, 1.165) is 19.4 Å². The zero-order valence-corrected chi connectivity index (χ0v) is 10.0. The summed E-state index contributed by atoms with van der Waals surface area (Å²) in [5.74, 6) is -0.141. The number of hydrogen-bond donors (Lipinski definition) is 3. The molecule has 0 spiro atoms. The van der Waals surface area contributed by atoms with Crippen molar-refractivity contribution < 1.29 is 15.0 Å². The third kappa shape index (κ3) is 3.17. The molecule has 1 rings (SSSR count). The number of unbranched alkanes of at least 4 members (excludes halogenated alkanes) is 1. The highest BCUT2D eigenvalue weighted by molar-refractivity contribution is 5.73. The number of carbonyl (C=O) groups excluding carboxylic acids is 1. The van der Waals surface area contributed by atoms with Crippen molar-refractivity contribution in [3.63, 3.8) is 0 Å². The highest BCUT2D eigenvalue weighted by Crippen LogP contribution is 2.19. The van der Waals surface area contributed by atoms with Crippen LogP contribution in [-0.2, 0) is 4.79 Å². The first-order valence-electron chi connectivity index (χ1n) is 5.90. The molecule has 94 valence electrons. The van der Waals surface area contributed by atoms with Gasteiger partial charge in [-0.1, -0.05) is 13.3 Å². The topological polar surface area (TPSA) is 72.8 Å². The average molecular weight is 230 g/mol. The molecule has 3 N–H and O–H groups in total. The van der Waals surface area contributed by atoms with Gasteiger partial charge in [0.1, 0.15) is 0 Å². The van der Waals surface area contributed by atoms with Gasteiger partial charge in [-0.15, -0.1) is 0 Å². The van der Waals surface area contributed by atoms with E-state index in [2.05, 4.69) is 17.1 Å². The number of nitrogens with zero attached hydrogens (tertiary/aromatic N) is 1. The van der Waals surface area contributed by atoms with Crippen LogP contribution in [0.1, 0.15) is 26.7 Å². The normalized spacial score (nSPS) is 30.6. The number of aliphatic hydroxyl groups excluding tert-OH is 2. The summed E-state index contributed by atoms with van der Waals surface area (Å²) in [6.45, 7) is 4.95. The zero-order valence-electron chi connectivity index (χ0n) is 10.0. The zero-order chi connectivity index (χ0) is 12.1. The third-order valence-electron chi connectivity index (χ3n) is 3.08. The first-order chi connectivity index (χ1) is 7.60. The molecule has 1 amide bonds. The molecule has 1 aliphatic heterocycles. The van der Waals surface area contributed by atoms with Crippen molar-refractivity contribution in [2.45, 2.75) is 44.9 Å². The monoisotopic (exact) mass is 230 g/mol. The molecule has 3 atom stereocenters. The van der Waals surface area contributed by atoms with Gasteiger partial charge < -0.3 is 15.5 Å². The highest BCUT2D eigenvalue weighted by Gasteiger charge is 2.40. The molecule has 5 nitrogen and oxygen atoms in total. The highest BCUT2D eigenvalue weighted by atomic mass is 16.3. The Morgan fingerprint density at radius 2 is 2.25 bits per heavy atom. The van der Waals surface area contributed by atoms with Crippen LogP contribution in [-0.4, -0.2) is 58.9 Å². The molecule has 1 saturated heterocycles. The van der Waals surface area contributed by atoms with Crippen molar-refractivity contribution in [3.8, 4) is 0 Å². The van der Waals surface area contributed by atoms with Crippen LogP contribution < -0.4 is 5.32 Å². The Morgan fingerprint density at radius 1 is 1.56 bits per heavy atom. The molecule has 5 heteroatoms. The van der Waals surface area contributed by atoms with E-state index in [9.17, 15) is 15.0 Å². The molecule has 0 aromatic carbocycles. The van der Waals surface area contributed by atoms with E-state index in [4.69, 9.17) is 0 Å². The Hall–Kier alpha value is -0.650. The van der Waals surface area contributed by atoms with Gasteiger partial charge in [0, 0.05) is 13.5 Å². The molecule has 1 aliphatic rings. The Bertz CT molecular complexity index is 235. The number of hydrogen-bond acceptors (Lipinski definition) is 4. The number of nitrogens with one attached hydrogen (secondary N) is 1. The van der Waals surface area contributed by atoms with Crippen LogP contribution in [0.3, 0.4) is 0 Å². The molecule has 0 aliphatic carbocycles. The van der Waals surface area contributed by atoms with Gasteiger partial charge in [-0.2, -0.15) is 0 Å². The van der Waals surface area contributed by atoms with Crippen LogP contribution >= 0.6 is 0 Å². The van der Waals surface area contributed by atoms with Gasteiger partial charge in [0.05, 0.1) is 24.8 Å². The average Bonchev–Trinajstić information content (AvgIpc) is 2.51. The maximum Gasteiger partial charge on any atom is 0.217 e. The Morgan fingerprint density at radius 3 is 2.75 bits per heavy atom. The molecule has 1 fully saturated rings. The molecular weight excluding hydrogens is 208 g/mol. The van der Waals surface area contributed by atoms with E-state index in [1.54, 1.807) is 0 Å². The van der Waals surface area contributed by atoms with Gasteiger partial charge >= 0.3 is 0 Å². The van der Waals surface area contributed by atoms with Gasteiger partial charge in [-0.25, -0.2) is 0 Å². The van der Waals surface area contributed by atoms with Crippen LogP contribution in [0.5, 0.6) is 0 Å². The molecule has 0 bridgehead atoms. The summed E-state index contributed by atoms with van der Waals surface area (Å²) in [4.78, 5) is 13.0. The van der Waals surface area contributed by atoms with Crippen molar-refractivity contribution in [1.29, 1.82) is 0 Å². The van der Waals surface area contributed by atoms with E-state index in [1.165, 1.54) is 6.92 Å². The first kappa shape index (κ1) is 13.4. The summed E-state index contributed by atoms with van der Waals surface area (Å²) in [7, 11) is 0. The lowest BCUT2D eigenvalue weighted by atomic mass is 10.1. The van der Waals surface area contributed by atoms with Crippen LogP contribution in [0, 0.1) is 0 Å². The van der Waals surface area contributed by atoms with Crippen molar-refractivity contribution in [2.24, 2.45) is 0 Å². The predicted octanol–water partition coefficient (Wildman–Crippen LogP) is -0.671. The van der Waals surface area contributed by atoms with E-state index >= 15 is 0 Å². The van der Waals surface area contributed by atoms with Gasteiger partial charge in [-0.3, -0.25) is 9.69 Å². The van der Waals surface area contributed by atoms with Crippen LogP contribution in [0.25, 0.3) is 0 Å². The van der Waals surface area contributed by atoms with Gasteiger partial charge in [0.25, 0.3) is 0 Å². The fourth-order valence-corrected chi connectivity index (χ4v) is 2.21. The minimum Gasteiger partial charge on any atom is -0.395 e. The lowest BCUT2D eigenvalue weighted by Gasteiger charge is -2.23. The lowest BCUT2D eigenvalue weighted by Crippen LogP contribution is -2.44. The summed E-state index contributed by atoms with van der Waals surface area (Å²) in [5, 5.41) is 21.9. The minimum absolute atomic E-state index is 0.0685. The number of amides is 1. The Kier molecular flexibility index (Phi) is 5.18. The van der Waals surface area contributed by atoms with Crippen molar-refractivity contribution in [2.75, 3.05) is 19.7 Å². The molecule has 1 heterocycles.